The Kier molecular flexibility index (Phi) is 5.20. The standard InChI is InChI=1S/C15H11FN.Y/c1-10-3-4-13(5-11(10)2)14-6-12(9-17)7-15(16)8-14;/h4-8H,1-2H3;/q-1;. The van der Waals surface area contributed by atoms with E-state index in [0.29, 0.717) is 11.1 Å². The average molecular weight is 313 g/mol. The van der Waals surface area contributed by atoms with Gasteiger partial charge < -0.3 is 0 Å². The molecule has 0 N–H and O–H groups in total. The molecule has 2 rings (SSSR count). The molecule has 0 aromatic heterocycles. The first-order valence-corrected chi connectivity index (χ1v) is 5.30. The first-order chi connectivity index (χ1) is 8.10. The molecular weight excluding hydrogens is 302 g/mol. The van der Waals surface area contributed by atoms with Crippen molar-refractivity contribution in [1.82, 2.24) is 0 Å². The Morgan fingerprint density at radius 2 is 1.83 bits per heavy atom. The van der Waals surface area contributed by atoms with Crippen molar-refractivity contribution in [2.75, 3.05) is 0 Å². The third-order valence-electron chi connectivity index (χ3n) is 2.77. The third kappa shape index (κ3) is 3.25. The molecule has 3 heteroatoms. The minimum absolute atomic E-state index is 0. The van der Waals surface area contributed by atoms with E-state index in [1.807, 2.05) is 32.0 Å². The molecule has 0 aliphatic heterocycles. The molecule has 0 atom stereocenters. The van der Waals surface area contributed by atoms with Crippen molar-refractivity contribution in [2.24, 2.45) is 0 Å². The number of nitrogens with zero attached hydrogens (tertiary/aromatic N) is 1. The quantitative estimate of drug-likeness (QED) is 0.735. The maximum absolute atomic E-state index is 13.3. The van der Waals surface area contributed by atoms with Gasteiger partial charge in [-0.25, -0.2) is 4.39 Å². The number of benzene rings is 2. The summed E-state index contributed by atoms with van der Waals surface area (Å²) >= 11 is 0. The fourth-order valence-corrected chi connectivity index (χ4v) is 1.67. The van der Waals surface area contributed by atoms with Crippen LogP contribution in [0.1, 0.15) is 16.7 Å². The van der Waals surface area contributed by atoms with E-state index in [-0.39, 0.29) is 32.7 Å². The molecule has 18 heavy (non-hydrogen) atoms. The predicted molar refractivity (Wildman–Crippen MR) is 64.9 cm³/mol. The summed E-state index contributed by atoms with van der Waals surface area (Å²) in [6.07, 6.45) is 0. The van der Waals surface area contributed by atoms with Gasteiger partial charge in [-0.2, -0.15) is 34.6 Å². The van der Waals surface area contributed by atoms with E-state index in [0.717, 1.165) is 16.7 Å². The molecule has 1 nitrogen and oxygen atoms in total. The van der Waals surface area contributed by atoms with Gasteiger partial charge in [-0.1, -0.05) is 19.4 Å². The molecule has 0 fully saturated rings. The van der Waals surface area contributed by atoms with Crippen LogP contribution in [0.25, 0.3) is 11.1 Å². The number of hydrogen-bond acceptors (Lipinski definition) is 1. The summed E-state index contributed by atoms with van der Waals surface area (Å²) < 4.78 is 13.3. The normalized spacial score (nSPS) is 9.44. The second-order valence-corrected chi connectivity index (χ2v) is 4.04. The third-order valence-corrected chi connectivity index (χ3v) is 2.77. The molecule has 0 aliphatic rings. The van der Waals surface area contributed by atoms with Crippen molar-refractivity contribution in [3.63, 3.8) is 0 Å². The van der Waals surface area contributed by atoms with Crippen molar-refractivity contribution in [2.45, 2.75) is 13.8 Å². The molecule has 0 heterocycles. The summed E-state index contributed by atoms with van der Waals surface area (Å²) in [5.74, 6) is -0.391. The van der Waals surface area contributed by atoms with Gasteiger partial charge in [-0.15, -0.1) is 5.56 Å². The van der Waals surface area contributed by atoms with Crippen LogP contribution in [0, 0.1) is 37.1 Å². The molecule has 87 valence electrons. The topological polar surface area (TPSA) is 23.8 Å². The molecular formula is C15H11FNY-. The number of aryl methyl sites for hydroxylation is 2. The van der Waals surface area contributed by atoms with Crippen LogP contribution in [0.2, 0.25) is 0 Å². The SMILES string of the molecule is Cc1[c-]cc(-c2cc(F)cc(C#N)c2)cc1C.[Y]. The smallest absolute Gasteiger partial charge is 0.124 e. The fourth-order valence-electron chi connectivity index (χ4n) is 1.67. The molecule has 0 spiro atoms. The Morgan fingerprint density at radius 3 is 2.44 bits per heavy atom. The zero-order valence-corrected chi connectivity index (χ0v) is 13.1. The summed E-state index contributed by atoms with van der Waals surface area (Å²) in [6.45, 7) is 3.96. The number of halogens is 1. The van der Waals surface area contributed by atoms with Crippen LogP contribution in [0.15, 0.2) is 30.3 Å². The maximum Gasteiger partial charge on any atom is 0.124 e. The van der Waals surface area contributed by atoms with E-state index in [1.165, 1.54) is 12.1 Å². The van der Waals surface area contributed by atoms with Gasteiger partial charge in [-0.3, -0.25) is 0 Å². The van der Waals surface area contributed by atoms with Crippen LogP contribution in [-0.2, 0) is 32.7 Å². The summed E-state index contributed by atoms with van der Waals surface area (Å²) in [5.41, 5.74) is 4.10. The largest absolute Gasteiger partial charge is 0.207 e. The van der Waals surface area contributed by atoms with Crippen LogP contribution < -0.4 is 0 Å². The molecule has 0 bridgehead atoms. The first kappa shape index (κ1) is 15.0. The summed E-state index contributed by atoms with van der Waals surface area (Å²) in [6, 6.07) is 13.2. The van der Waals surface area contributed by atoms with E-state index < -0.39 is 5.82 Å². The zero-order chi connectivity index (χ0) is 12.4. The molecule has 0 saturated carbocycles. The molecule has 2 aromatic rings. The molecule has 2 aromatic carbocycles. The Bertz CT molecular complexity index is 614. The number of hydrogen-bond donors (Lipinski definition) is 0. The Balaban J connectivity index is 0.00000162. The van der Waals surface area contributed by atoms with Gasteiger partial charge in [0.25, 0.3) is 0 Å². The van der Waals surface area contributed by atoms with Gasteiger partial charge in [0.15, 0.2) is 0 Å². The zero-order valence-electron chi connectivity index (χ0n) is 10.3. The molecule has 0 aliphatic carbocycles. The fraction of sp³-hybridized carbons (Fsp3) is 0.133. The molecule has 0 saturated heterocycles. The number of nitriles is 1. The van der Waals surface area contributed by atoms with E-state index in [2.05, 4.69) is 6.07 Å². The van der Waals surface area contributed by atoms with Crippen molar-refractivity contribution in [1.29, 1.82) is 5.26 Å². The van der Waals surface area contributed by atoms with Gasteiger partial charge >= 0.3 is 0 Å². The van der Waals surface area contributed by atoms with Gasteiger partial charge in [0.2, 0.25) is 0 Å². The maximum atomic E-state index is 13.3. The van der Waals surface area contributed by atoms with Crippen molar-refractivity contribution >= 4 is 0 Å². The minimum atomic E-state index is -0.391. The predicted octanol–water partition coefficient (Wildman–Crippen LogP) is 3.78. The van der Waals surface area contributed by atoms with E-state index in [4.69, 9.17) is 5.26 Å². The van der Waals surface area contributed by atoms with Gasteiger partial charge in [0.05, 0.1) is 11.6 Å². The van der Waals surface area contributed by atoms with Crippen LogP contribution in [0.3, 0.4) is 0 Å². The van der Waals surface area contributed by atoms with Crippen LogP contribution in [0.4, 0.5) is 4.39 Å². The number of rotatable bonds is 1. The summed E-state index contributed by atoms with van der Waals surface area (Å²) in [7, 11) is 0. The van der Waals surface area contributed by atoms with Gasteiger partial charge in [0.1, 0.15) is 5.82 Å². The second kappa shape index (κ2) is 6.22. The van der Waals surface area contributed by atoms with Crippen LogP contribution in [0.5, 0.6) is 0 Å². The Labute approximate surface area is 132 Å². The average Bonchev–Trinajstić information content (AvgIpc) is 2.32. The molecule has 0 unspecified atom stereocenters. The van der Waals surface area contributed by atoms with Gasteiger partial charge in [0, 0.05) is 32.7 Å². The minimum Gasteiger partial charge on any atom is -0.207 e. The van der Waals surface area contributed by atoms with Gasteiger partial charge in [-0.05, 0) is 18.2 Å². The summed E-state index contributed by atoms with van der Waals surface area (Å²) in [4.78, 5) is 0. The summed E-state index contributed by atoms with van der Waals surface area (Å²) in [5, 5.41) is 8.81. The first-order valence-electron chi connectivity index (χ1n) is 5.30. The second-order valence-electron chi connectivity index (χ2n) is 4.04. The van der Waals surface area contributed by atoms with E-state index >= 15 is 0 Å². The van der Waals surface area contributed by atoms with Crippen molar-refractivity contribution in [3.05, 3.63) is 58.9 Å². The van der Waals surface area contributed by atoms with E-state index in [1.54, 1.807) is 6.07 Å². The Hall–Kier alpha value is -1.04. The van der Waals surface area contributed by atoms with Crippen LogP contribution >= 0.6 is 0 Å². The molecule has 1 radical (unpaired) electrons. The monoisotopic (exact) mass is 313 g/mol. The van der Waals surface area contributed by atoms with E-state index in [9.17, 15) is 4.39 Å². The van der Waals surface area contributed by atoms with Crippen molar-refractivity contribution in [3.8, 4) is 17.2 Å². The van der Waals surface area contributed by atoms with Crippen molar-refractivity contribution < 1.29 is 37.1 Å². The Morgan fingerprint density at radius 1 is 1.11 bits per heavy atom. The van der Waals surface area contributed by atoms with Crippen LogP contribution in [-0.4, -0.2) is 0 Å². The molecule has 0 amide bonds.